The smallest absolute Gasteiger partial charge is 0.249 e. The molecule has 0 radical (unpaired) electrons. The second-order valence-corrected chi connectivity index (χ2v) is 6.28. The number of hydrogen-bond acceptors (Lipinski definition) is 3. The molecule has 0 spiro atoms. The Kier molecular flexibility index (Phi) is 5.64. The number of ether oxygens (including phenoxy) is 1. The van der Waals surface area contributed by atoms with Crippen LogP contribution in [0.1, 0.15) is 51.9 Å². The molecular weight excluding hydrogens is 240 g/mol. The van der Waals surface area contributed by atoms with E-state index in [0.29, 0.717) is 6.54 Å². The molecule has 1 saturated heterocycles. The summed E-state index contributed by atoms with van der Waals surface area (Å²) in [5.74, 6) is 1.71. The van der Waals surface area contributed by atoms with E-state index in [9.17, 15) is 4.79 Å². The summed E-state index contributed by atoms with van der Waals surface area (Å²) in [7, 11) is 0. The SMILES string of the molecule is CC1CCCC(CCNC(=O)[C@@H]2CC[C@H](CN)O2)C1. The van der Waals surface area contributed by atoms with Gasteiger partial charge in [0.15, 0.2) is 0 Å². The molecule has 19 heavy (non-hydrogen) atoms. The fourth-order valence-electron chi connectivity index (χ4n) is 3.41. The standard InChI is InChI=1S/C15H28N2O2/c1-11-3-2-4-12(9-11)7-8-17-15(18)14-6-5-13(10-16)19-14/h11-14H,2-10,16H2,1H3,(H,17,18)/t11?,12?,13-,14+/m1/s1. The van der Waals surface area contributed by atoms with Gasteiger partial charge in [0.05, 0.1) is 6.10 Å². The lowest BCUT2D eigenvalue weighted by atomic mass is 9.81. The fraction of sp³-hybridized carbons (Fsp3) is 0.933. The molecule has 0 aromatic heterocycles. The number of rotatable bonds is 5. The van der Waals surface area contributed by atoms with Gasteiger partial charge < -0.3 is 15.8 Å². The molecule has 1 amide bonds. The van der Waals surface area contributed by atoms with Crippen LogP contribution in [0.15, 0.2) is 0 Å². The van der Waals surface area contributed by atoms with Crippen molar-refractivity contribution < 1.29 is 9.53 Å². The molecule has 110 valence electrons. The van der Waals surface area contributed by atoms with Gasteiger partial charge in [0, 0.05) is 13.1 Å². The molecule has 1 heterocycles. The van der Waals surface area contributed by atoms with Crippen LogP contribution in [-0.2, 0) is 9.53 Å². The van der Waals surface area contributed by atoms with Crippen molar-refractivity contribution in [1.29, 1.82) is 0 Å². The average Bonchev–Trinajstić information content (AvgIpc) is 2.87. The second kappa shape index (κ2) is 7.25. The Bertz CT molecular complexity index is 296. The predicted molar refractivity (Wildman–Crippen MR) is 75.7 cm³/mol. The van der Waals surface area contributed by atoms with Crippen molar-refractivity contribution in [3.8, 4) is 0 Å². The van der Waals surface area contributed by atoms with Crippen molar-refractivity contribution in [2.45, 2.75) is 64.1 Å². The lowest BCUT2D eigenvalue weighted by molar-refractivity contribution is -0.131. The molecule has 1 aliphatic carbocycles. The number of carbonyl (C=O) groups excluding carboxylic acids is 1. The predicted octanol–water partition coefficient (Wildman–Crippen LogP) is 1.83. The molecule has 4 nitrogen and oxygen atoms in total. The van der Waals surface area contributed by atoms with Crippen molar-refractivity contribution in [1.82, 2.24) is 5.32 Å². The zero-order valence-corrected chi connectivity index (χ0v) is 12.1. The van der Waals surface area contributed by atoms with E-state index in [-0.39, 0.29) is 18.1 Å². The highest BCUT2D eigenvalue weighted by molar-refractivity contribution is 5.80. The fourth-order valence-corrected chi connectivity index (χ4v) is 3.41. The molecule has 2 rings (SSSR count). The third-order valence-corrected chi connectivity index (χ3v) is 4.56. The van der Waals surface area contributed by atoms with Crippen LogP contribution in [0.25, 0.3) is 0 Å². The third-order valence-electron chi connectivity index (χ3n) is 4.56. The molecule has 0 aromatic carbocycles. The van der Waals surface area contributed by atoms with Crippen molar-refractivity contribution in [2.24, 2.45) is 17.6 Å². The largest absolute Gasteiger partial charge is 0.364 e. The first-order valence-electron chi connectivity index (χ1n) is 7.82. The maximum Gasteiger partial charge on any atom is 0.249 e. The van der Waals surface area contributed by atoms with Gasteiger partial charge in [-0.2, -0.15) is 0 Å². The molecule has 4 atom stereocenters. The summed E-state index contributed by atoms with van der Waals surface area (Å²) in [4.78, 5) is 11.9. The highest BCUT2D eigenvalue weighted by atomic mass is 16.5. The topological polar surface area (TPSA) is 64.4 Å². The van der Waals surface area contributed by atoms with Gasteiger partial charge in [-0.3, -0.25) is 4.79 Å². The molecule has 3 N–H and O–H groups in total. The van der Waals surface area contributed by atoms with E-state index in [0.717, 1.165) is 37.6 Å². The van der Waals surface area contributed by atoms with Crippen LogP contribution < -0.4 is 11.1 Å². The van der Waals surface area contributed by atoms with E-state index >= 15 is 0 Å². The Balaban J connectivity index is 1.61. The maximum atomic E-state index is 11.9. The number of hydrogen-bond donors (Lipinski definition) is 2. The van der Waals surface area contributed by atoms with E-state index in [1.165, 1.54) is 25.7 Å². The maximum absolute atomic E-state index is 11.9. The van der Waals surface area contributed by atoms with E-state index in [4.69, 9.17) is 10.5 Å². The zero-order chi connectivity index (χ0) is 13.7. The first-order valence-corrected chi connectivity index (χ1v) is 7.82. The van der Waals surface area contributed by atoms with Crippen LogP contribution in [-0.4, -0.2) is 31.2 Å². The van der Waals surface area contributed by atoms with Crippen LogP contribution in [0.5, 0.6) is 0 Å². The summed E-state index contributed by atoms with van der Waals surface area (Å²) < 4.78 is 5.59. The minimum absolute atomic E-state index is 0.0554. The first-order chi connectivity index (χ1) is 9.19. The third kappa shape index (κ3) is 4.46. The highest BCUT2D eigenvalue weighted by Crippen LogP contribution is 2.30. The quantitative estimate of drug-likeness (QED) is 0.799. The van der Waals surface area contributed by atoms with Gasteiger partial charge in [-0.15, -0.1) is 0 Å². The van der Waals surface area contributed by atoms with E-state index < -0.39 is 0 Å². The summed E-state index contributed by atoms with van der Waals surface area (Å²) in [6.45, 7) is 3.65. The molecule has 2 fully saturated rings. The van der Waals surface area contributed by atoms with Crippen molar-refractivity contribution in [2.75, 3.05) is 13.1 Å². The first kappa shape index (κ1) is 14.8. The molecule has 0 bridgehead atoms. The van der Waals surface area contributed by atoms with Gasteiger partial charge in [-0.1, -0.05) is 26.2 Å². The molecule has 0 aromatic rings. The van der Waals surface area contributed by atoms with Crippen molar-refractivity contribution in [3.63, 3.8) is 0 Å². The molecule has 2 aliphatic rings. The van der Waals surface area contributed by atoms with Crippen LogP contribution in [0.4, 0.5) is 0 Å². The number of nitrogens with two attached hydrogens (primary N) is 1. The summed E-state index contributed by atoms with van der Waals surface area (Å²) >= 11 is 0. The molecule has 1 saturated carbocycles. The van der Waals surface area contributed by atoms with Crippen LogP contribution in [0.2, 0.25) is 0 Å². The van der Waals surface area contributed by atoms with Gasteiger partial charge in [0.1, 0.15) is 6.10 Å². The van der Waals surface area contributed by atoms with Crippen LogP contribution in [0, 0.1) is 11.8 Å². The Morgan fingerprint density at radius 3 is 2.84 bits per heavy atom. The second-order valence-electron chi connectivity index (χ2n) is 6.28. The molecule has 2 unspecified atom stereocenters. The monoisotopic (exact) mass is 268 g/mol. The normalized spacial score (nSPS) is 35.3. The summed E-state index contributed by atoms with van der Waals surface area (Å²) in [5.41, 5.74) is 5.55. The van der Waals surface area contributed by atoms with Crippen LogP contribution in [0.3, 0.4) is 0 Å². The van der Waals surface area contributed by atoms with Gasteiger partial charge in [-0.25, -0.2) is 0 Å². The molecule has 1 aliphatic heterocycles. The Hall–Kier alpha value is -0.610. The number of carbonyl (C=O) groups is 1. The molecular formula is C15H28N2O2. The lowest BCUT2D eigenvalue weighted by Crippen LogP contribution is -2.36. The number of amides is 1. The van der Waals surface area contributed by atoms with E-state index in [2.05, 4.69) is 12.2 Å². The average molecular weight is 268 g/mol. The van der Waals surface area contributed by atoms with Crippen molar-refractivity contribution >= 4 is 5.91 Å². The Morgan fingerprint density at radius 1 is 1.32 bits per heavy atom. The van der Waals surface area contributed by atoms with Crippen LogP contribution >= 0.6 is 0 Å². The Labute approximate surface area is 116 Å². The summed E-state index contributed by atoms with van der Waals surface area (Å²) in [6, 6.07) is 0. The number of nitrogens with one attached hydrogen (secondary N) is 1. The summed E-state index contributed by atoms with van der Waals surface area (Å²) in [5, 5.41) is 3.03. The zero-order valence-electron chi connectivity index (χ0n) is 12.1. The Morgan fingerprint density at radius 2 is 2.16 bits per heavy atom. The van der Waals surface area contributed by atoms with Crippen molar-refractivity contribution in [3.05, 3.63) is 0 Å². The van der Waals surface area contributed by atoms with Gasteiger partial charge in [0.2, 0.25) is 5.91 Å². The highest BCUT2D eigenvalue weighted by Gasteiger charge is 2.29. The van der Waals surface area contributed by atoms with E-state index in [1.807, 2.05) is 0 Å². The van der Waals surface area contributed by atoms with E-state index in [1.54, 1.807) is 0 Å². The minimum atomic E-state index is -0.265. The van der Waals surface area contributed by atoms with Gasteiger partial charge in [0.25, 0.3) is 0 Å². The lowest BCUT2D eigenvalue weighted by Gasteiger charge is -2.26. The van der Waals surface area contributed by atoms with Gasteiger partial charge in [-0.05, 0) is 37.5 Å². The molecule has 4 heteroatoms. The summed E-state index contributed by atoms with van der Waals surface area (Å²) in [6.07, 6.45) is 8.03. The minimum Gasteiger partial charge on any atom is -0.364 e. The van der Waals surface area contributed by atoms with Gasteiger partial charge >= 0.3 is 0 Å².